The second kappa shape index (κ2) is 19.7. The summed E-state index contributed by atoms with van der Waals surface area (Å²) in [5, 5.41) is 5.11. The Morgan fingerprint density at radius 2 is 1.39 bits per heavy atom. The normalized spacial score (nSPS) is 11.8. The summed E-state index contributed by atoms with van der Waals surface area (Å²) in [6.45, 7) is 12.0. The molecule has 16 heteroatoms. The van der Waals surface area contributed by atoms with Crippen molar-refractivity contribution < 1.29 is 42.2 Å². The van der Waals surface area contributed by atoms with Gasteiger partial charge in [0.15, 0.2) is 0 Å². The van der Waals surface area contributed by atoms with Crippen molar-refractivity contribution in [2.75, 3.05) is 11.9 Å². The standard InChI is InChI=1S/C24H24ClFN2O5.C19H20ClFN2O3/c1-5-32-22(30)16-12-18(27-23(31)33-24(2,3)4)19-10-9-14(13-28(19)21(16)29)11-15-7-6-8-17(25)20(15)26;1-19(2,3)26-18(25)23-16(11-24)15-8-7-12(10-22-15)9-13-5-4-6-14(20)17(13)21/h6-10,12-13H,5,11H2,1-4H3,(H,27,31);4-8,10-11,16H,9H2,1-3H3,(H,23,25). The summed E-state index contributed by atoms with van der Waals surface area (Å²) in [5.74, 6) is -1.83. The number of hydrogen-bond donors (Lipinski definition) is 2. The Balaban J connectivity index is 0.000000268. The smallest absolute Gasteiger partial charge is 0.412 e. The molecular weight excluding hydrogens is 809 g/mol. The Labute approximate surface area is 349 Å². The summed E-state index contributed by atoms with van der Waals surface area (Å²) in [7, 11) is 0. The van der Waals surface area contributed by atoms with Crippen LogP contribution in [0.15, 0.2) is 83.9 Å². The van der Waals surface area contributed by atoms with Crippen molar-refractivity contribution in [2.24, 2.45) is 0 Å². The molecule has 0 radical (unpaired) electrons. The number of nitrogens with zero attached hydrogens (tertiary/aromatic N) is 2. The number of pyridine rings is 3. The maximum atomic E-state index is 14.4. The highest BCUT2D eigenvalue weighted by Gasteiger charge is 2.23. The maximum Gasteiger partial charge on any atom is 0.412 e. The van der Waals surface area contributed by atoms with Crippen LogP contribution in [-0.2, 0) is 31.8 Å². The molecule has 0 aliphatic carbocycles. The number of esters is 1. The Bertz CT molecular complexity index is 2390. The number of aldehydes is 1. The lowest BCUT2D eigenvalue weighted by molar-refractivity contribution is -0.109. The molecule has 0 aliphatic heterocycles. The first kappa shape index (κ1) is 45.8. The van der Waals surface area contributed by atoms with Crippen LogP contribution < -0.4 is 16.2 Å². The van der Waals surface area contributed by atoms with Crippen molar-refractivity contribution in [2.45, 2.75) is 78.6 Å². The van der Waals surface area contributed by atoms with E-state index in [1.807, 2.05) is 0 Å². The number of nitrogens with one attached hydrogen (secondary N) is 2. The van der Waals surface area contributed by atoms with E-state index < -0.39 is 52.6 Å². The first-order valence-electron chi connectivity index (χ1n) is 18.3. The number of fused-ring (bicyclic) bond motifs is 1. The van der Waals surface area contributed by atoms with E-state index in [0.29, 0.717) is 40.6 Å². The Kier molecular flexibility index (Phi) is 15.3. The monoisotopic (exact) mass is 852 g/mol. The van der Waals surface area contributed by atoms with Gasteiger partial charge in [-0.25, -0.2) is 23.2 Å². The molecule has 1 unspecified atom stereocenters. The average Bonchev–Trinajstić information content (AvgIpc) is 3.15. The van der Waals surface area contributed by atoms with Crippen molar-refractivity contribution >= 4 is 58.8 Å². The molecule has 0 saturated heterocycles. The lowest BCUT2D eigenvalue weighted by atomic mass is 10.1. The van der Waals surface area contributed by atoms with E-state index in [0.717, 1.165) is 5.56 Å². The van der Waals surface area contributed by atoms with Gasteiger partial charge in [-0.3, -0.25) is 19.5 Å². The van der Waals surface area contributed by atoms with Crippen molar-refractivity contribution in [1.29, 1.82) is 0 Å². The number of anilines is 1. The molecule has 0 aliphatic rings. The van der Waals surface area contributed by atoms with Crippen LogP contribution in [0.3, 0.4) is 0 Å². The van der Waals surface area contributed by atoms with Gasteiger partial charge in [-0.15, -0.1) is 0 Å². The predicted molar refractivity (Wildman–Crippen MR) is 220 cm³/mol. The fourth-order valence-electron chi connectivity index (χ4n) is 5.46. The lowest BCUT2D eigenvalue weighted by Crippen LogP contribution is -2.35. The lowest BCUT2D eigenvalue weighted by Gasteiger charge is -2.21. The second-order valence-corrected chi connectivity index (χ2v) is 15.9. The summed E-state index contributed by atoms with van der Waals surface area (Å²) < 4.78 is 45.0. The SMILES string of the molecule is CC(C)(C)OC(=O)NC(C=O)c1ccc(Cc2cccc(Cl)c2F)cn1.CCOC(=O)c1cc(NC(=O)OC(C)(C)C)c2ccc(Cc3cccc(Cl)c3F)cn2c1=O. The average molecular weight is 854 g/mol. The molecule has 0 saturated carbocycles. The number of rotatable bonds is 10. The van der Waals surface area contributed by atoms with Gasteiger partial charge in [-0.1, -0.05) is 59.6 Å². The minimum atomic E-state index is -0.929. The van der Waals surface area contributed by atoms with Crippen LogP contribution in [0.1, 0.15) is 92.8 Å². The summed E-state index contributed by atoms with van der Waals surface area (Å²) in [4.78, 5) is 65.1. The topological polar surface area (TPSA) is 154 Å². The molecule has 2 amide bonds. The molecule has 3 heterocycles. The quantitative estimate of drug-likeness (QED) is 0.0795. The van der Waals surface area contributed by atoms with Gasteiger partial charge >= 0.3 is 18.2 Å². The van der Waals surface area contributed by atoms with Crippen molar-refractivity contribution in [3.05, 3.63) is 145 Å². The van der Waals surface area contributed by atoms with Gasteiger partial charge in [0.2, 0.25) is 0 Å². The minimum Gasteiger partial charge on any atom is -0.462 e. The number of ether oxygens (including phenoxy) is 3. The number of hydrogen-bond acceptors (Lipinski definition) is 9. The van der Waals surface area contributed by atoms with Gasteiger partial charge in [0, 0.05) is 25.2 Å². The van der Waals surface area contributed by atoms with Crippen LogP contribution in [0.25, 0.3) is 5.52 Å². The molecule has 3 aromatic heterocycles. The van der Waals surface area contributed by atoms with Gasteiger partial charge in [0.1, 0.15) is 40.7 Å². The molecule has 2 aromatic carbocycles. The summed E-state index contributed by atoms with van der Waals surface area (Å²) >= 11 is 11.6. The molecule has 5 rings (SSSR count). The van der Waals surface area contributed by atoms with E-state index in [2.05, 4.69) is 15.6 Å². The molecule has 0 bridgehead atoms. The number of benzene rings is 2. The molecule has 2 N–H and O–H groups in total. The molecule has 0 spiro atoms. The second-order valence-electron chi connectivity index (χ2n) is 15.0. The van der Waals surface area contributed by atoms with Gasteiger partial charge in [0.05, 0.1) is 33.6 Å². The number of halogens is 4. The maximum absolute atomic E-state index is 14.4. The van der Waals surface area contributed by atoms with Gasteiger partial charge in [0.25, 0.3) is 5.56 Å². The van der Waals surface area contributed by atoms with Gasteiger partial charge in [-0.05, 0) is 101 Å². The molecule has 59 heavy (non-hydrogen) atoms. The fourth-order valence-corrected chi connectivity index (χ4v) is 5.85. The zero-order valence-corrected chi connectivity index (χ0v) is 35.0. The highest BCUT2D eigenvalue weighted by molar-refractivity contribution is 6.31. The van der Waals surface area contributed by atoms with Crippen LogP contribution in [0, 0.1) is 11.6 Å². The number of aromatic nitrogens is 2. The Morgan fingerprint density at radius 3 is 1.92 bits per heavy atom. The van der Waals surface area contributed by atoms with Crippen LogP contribution in [0.4, 0.5) is 24.1 Å². The number of carbonyl (C=O) groups is 4. The van der Waals surface area contributed by atoms with Crippen LogP contribution in [0.2, 0.25) is 10.0 Å². The molecule has 12 nitrogen and oxygen atoms in total. The summed E-state index contributed by atoms with van der Waals surface area (Å²) in [5.41, 5.74) is 0.710. The summed E-state index contributed by atoms with van der Waals surface area (Å²) in [6, 6.07) is 16.4. The zero-order chi connectivity index (χ0) is 43.7. The Hall–Kier alpha value is -5.86. The molecule has 5 aromatic rings. The van der Waals surface area contributed by atoms with Crippen molar-refractivity contribution in [1.82, 2.24) is 14.7 Å². The first-order chi connectivity index (χ1) is 27.7. The van der Waals surface area contributed by atoms with Gasteiger partial charge in [-0.2, -0.15) is 0 Å². The zero-order valence-electron chi connectivity index (χ0n) is 33.5. The predicted octanol–water partition coefficient (Wildman–Crippen LogP) is 9.44. The van der Waals surface area contributed by atoms with Crippen LogP contribution >= 0.6 is 23.2 Å². The van der Waals surface area contributed by atoms with E-state index in [-0.39, 0.29) is 34.3 Å². The molecule has 312 valence electrons. The molecule has 1 atom stereocenters. The third-order valence-corrected chi connectivity index (χ3v) is 8.57. The van der Waals surface area contributed by atoms with Crippen LogP contribution in [0.5, 0.6) is 0 Å². The minimum absolute atomic E-state index is 0.00102. The molecular formula is C43H44Cl2F2N4O8. The van der Waals surface area contributed by atoms with E-state index >= 15 is 0 Å². The van der Waals surface area contributed by atoms with E-state index in [1.165, 1.54) is 35.0 Å². The number of amides is 2. The van der Waals surface area contributed by atoms with Crippen molar-refractivity contribution in [3.63, 3.8) is 0 Å². The van der Waals surface area contributed by atoms with Crippen LogP contribution in [-0.4, -0.2) is 51.6 Å². The fraction of sp³-hybridized carbons (Fsp3) is 0.302. The third-order valence-electron chi connectivity index (χ3n) is 7.98. The highest BCUT2D eigenvalue weighted by Crippen LogP contribution is 2.24. The highest BCUT2D eigenvalue weighted by atomic mass is 35.5. The third kappa shape index (κ3) is 13.1. The van der Waals surface area contributed by atoms with Crippen molar-refractivity contribution in [3.8, 4) is 0 Å². The molecule has 0 fully saturated rings. The van der Waals surface area contributed by atoms with E-state index in [4.69, 9.17) is 37.4 Å². The van der Waals surface area contributed by atoms with E-state index in [1.54, 1.807) is 97.0 Å². The number of carbonyl (C=O) groups excluding carboxylic acids is 4. The van der Waals surface area contributed by atoms with E-state index in [9.17, 15) is 32.8 Å². The summed E-state index contributed by atoms with van der Waals surface area (Å²) in [6.07, 6.45) is 2.61. The first-order valence-corrected chi connectivity index (χ1v) is 19.1. The number of alkyl carbamates (subject to hydrolysis) is 1. The Morgan fingerprint density at radius 1 is 0.831 bits per heavy atom. The van der Waals surface area contributed by atoms with Gasteiger partial charge < -0.3 is 24.3 Å². The largest absolute Gasteiger partial charge is 0.462 e.